The minimum absolute atomic E-state index is 0.210. The number of allylic oxidation sites excluding steroid dienone is 1. The van der Waals surface area contributed by atoms with Gasteiger partial charge < -0.3 is 24.3 Å². The Morgan fingerprint density at radius 3 is 2.15 bits per heavy atom. The van der Waals surface area contributed by atoms with Gasteiger partial charge in [-0.3, -0.25) is 14.5 Å². The molecule has 0 aromatic heterocycles. The van der Waals surface area contributed by atoms with Gasteiger partial charge >= 0.3 is 7.12 Å². The summed E-state index contributed by atoms with van der Waals surface area (Å²) in [4.78, 5) is 30.3. The number of anilines is 1. The maximum atomic E-state index is 14.5. The Morgan fingerprint density at radius 1 is 0.833 bits per heavy atom. The highest BCUT2D eigenvalue weighted by Crippen LogP contribution is 2.51. The van der Waals surface area contributed by atoms with Gasteiger partial charge in [-0.05, 0) is 86.9 Å². The van der Waals surface area contributed by atoms with Gasteiger partial charge in [-0.2, -0.15) is 0 Å². The molecule has 5 aromatic rings. The summed E-state index contributed by atoms with van der Waals surface area (Å²) in [5.74, 6) is -1.82. The van der Waals surface area contributed by atoms with Gasteiger partial charge in [-0.25, -0.2) is 0 Å². The summed E-state index contributed by atoms with van der Waals surface area (Å²) in [5, 5.41) is 34.4. The molecular weight excluding hydrogens is 765 g/mol. The van der Waals surface area contributed by atoms with Crippen molar-refractivity contribution in [2.24, 2.45) is 17.8 Å². The third-order valence-corrected chi connectivity index (χ3v) is 17.9. The smallest absolute Gasteiger partial charge is 0.488 e. The summed E-state index contributed by atoms with van der Waals surface area (Å²) >= 11 is 0. The molecule has 2 saturated heterocycles. The van der Waals surface area contributed by atoms with Gasteiger partial charge in [-0.15, -0.1) is 0 Å². The van der Waals surface area contributed by atoms with Crippen molar-refractivity contribution in [1.82, 2.24) is 0 Å². The zero-order chi connectivity index (χ0) is 42.2. The molecule has 2 heterocycles. The molecule has 60 heavy (non-hydrogen) atoms. The fourth-order valence-corrected chi connectivity index (χ4v) is 14.7. The quantitative estimate of drug-likeness (QED) is 0.0650. The number of phenols is 1. The fourth-order valence-electron chi connectivity index (χ4n) is 10.2. The Balaban J connectivity index is 1.18. The third-order valence-electron chi connectivity index (χ3n) is 12.9. The van der Waals surface area contributed by atoms with E-state index in [0.29, 0.717) is 31.7 Å². The number of benzene rings is 5. The van der Waals surface area contributed by atoms with E-state index in [9.17, 15) is 24.7 Å². The average molecular weight is 820 g/mol. The molecular formula is C50H54BNO7Si. The van der Waals surface area contributed by atoms with E-state index in [1.807, 2.05) is 42.5 Å². The van der Waals surface area contributed by atoms with Crippen LogP contribution in [0.5, 0.6) is 5.75 Å². The van der Waals surface area contributed by atoms with Crippen LogP contribution in [-0.4, -0.2) is 61.7 Å². The van der Waals surface area contributed by atoms with Gasteiger partial charge in [0.05, 0.1) is 36.8 Å². The van der Waals surface area contributed by atoms with Crippen LogP contribution in [0, 0.1) is 17.8 Å². The van der Waals surface area contributed by atoms with Crippen LogP contribution in [0.2, 0.25) is 5.04 Å². The van der Waals surface area contributed by atoms with Gasteiger partial charge in [0.1, 0.15) is 5.75 Å². The number of amides is 2. The van der Waals surface area contributed by atoms with Crippen molar-refractivity contribution in [2.45, 2.75) is 70.9 Å². The number of aromatic hydroxyl groups is 1. The van der Waals surface area contributed by atoms with Gasteiger partial charge in [0.2, 0.25) is 11.8 Å². The standard InChI is InChI=1S/C50H54BNO7Si/c1-5-15-33(28-34-25-26-44(53)41-23-13-12-22-40(34)41)24-27-45-46-35(31-59-60(50(2,3)4,38-18-8-6-9-19-38)39-20-10-7-11-21-39)29-42-47(43(46)32-58-45)49(55)52(48(42)54)37-17-14-16-36(30-37)51(56)57/h6-14,16-23,25-26,28,30,42-43,45,47,53,56-57H,5,15,24,27,29,31-32H2,1-4H3/b33-28+/t42-,43+,45-,47-/m1/s1. The number of phenolic OH excluding ortho intramolecular Hbond substituents is 1. The van der Waals surface area contributed by atoms with Crippen molar-refractivity contribution in [3.8, 4) is 5.75 Å². The number of carbonyl (C=O) groups excluding carboxylic acids is 2. The molecule has 0 unspecified atom stereocenters. The molecule has 0 saturated carbocycles. The Bertz CT molecular complexity index is 2400. The van der Waals surface area contributed by atoms with Crippen LogP contribution in [0.4, 0.5) is 5.69 Å². The van der Waals surface area contributed by atoms with Crippen LogP contribution in [-0.2, 0) is 18.8 Å². The van der Waals surface area contributed by atoms with Gasteiger partial charge in [0.25, 0.3) is 8.32 Å². The normalized spacial score (nSPS) is 20.8. The molecule has 0 radical (unpaired) electrons. The molecule has 0 spiro atoms. The zero-order valence-corrected chi connectivity index (χ0v) is 35.9. The number of fused-ring (bicyclic) bond motifs is 4. The maximum Gasteiger partial charge on any atom is 0.488 e. The first-order chi connectivity index (χ1) is 28.9. The lowest BCUT2D eigenvalue weighted by molar-refractivity contribution is -0.122. The Kier molecular flexibility index (Phi) is 11.9. The number of nitrogens with zero attached hydrogens (tertiary/aromatic N) is 1. The molecule has 10 heteroatoms. The van der Waals surface area contributed by atoms with E-state index < -0.39 is 27.3 Å². The van der Waals surface area contributed by atoms with Crippen molar-refractivity contribution in [3.63, 3.8) is 0 Å². The highest BCUT2D eigenvalue weighted by molar-refractivity contribution is 6.99. The molecule has 3 aliphatic rings. The molecule has 8 rings (SSSR count). The number of imide groups is 1. The van der Waals surface area contributed by atoms with E-state index in [1.54, 1.807) is 24.3 Å². The van der Waals surface area contributed by atoms with Crippen molar-refractivity contribution in [1.29, 1.82) is 0 Å². The third kappa shape index (κ3) is 7.60. The number of hydrogen-bond acceptors (Lipinski definition) is 7. The summed E-state index contributed by atoms with van der Waals surface area (Å²) in [6, 6.07) is 39.1. The van der Waals surface area contributed by atoms with Gasteiger partial charge in [0.15, 0.2) is 0 Å². The summed E-state index contributed by atoms with van der Waals surface area (Å²) in [6.45, 7) is 9.57. The lowest BCUT2D eigenvalue weighted by atomic mass is 9.69. The predicted octanol–water partition coefficient (Wildman–Crippen LogP) is 7.29. The fraction of sp³-hybridized carbons (Fsp3) is 0.320. The molecule has 5 aromatic carbocycles. The predicted molar refractivity (Wildman–Crippen MR) is 242 cm³/mol. The molecule has 1 aliphatic carbocycles. The highest BCUT2D eigenvalue weighted by atomic mass is 28.4. The summed E-state index contributed by atoms with van der Waals surface area (Å²) < 4.78 is 14.3. The monoisotopic (exact) mass is 819 g/mol. The molecule has 2 aliphatic heterocycles. The zero-order valence-electron chi connectivity index (χ0n) is 34.9. The molecule has 3 N–H and O–H groups in total. The van der Waals surface area contributed by atoms with Crippen LogP contribution >= 0.6 is 0 Å². The number of ether oxygens (including phenoxy) is 1. The van der Waals surface area contributed by atoms with Gasteiger partial charge in [-0.1, -0.05) is 149 Å². The van der Waals surface area contributed by atoms with E-state index in [1.165, 1.54) is 26.9 Å². The van der Waals surface area contributed by atoms with E-state index in [2.05, 4.69) is 82.3 Å². The first-order valence-electron chi connectivity index (χ1n) is 21.3. The lowest BCUT2D eigenvalue weighted by Gasteiger charge is -2.44. The lowest BCUT2D eigenvalue weighted by Crippen LogP contribution is -2.66. The average Bonchev–Trinajstić information content (AvgIpc) is 3.78. The minimum Gasteiger partial charge on any atom is -0.507 e. The first kappa shape index (κ1) is 41.6. The van der Waals surface area contributed by atoms with Crippen LogP contribution in [0.15, 0.2) is 138 Å². The van der Waals surface area contributed by atoms with Crippen LogP contribution < -0.4 is 20.7 Å². The number of rotatable bonds is 13. The van der Waals surface area contributed by atoms with E-state index in [4.69, 9.17) is 9.16 Å². The van der Waals surface area contributed by atoms with Crippen LogP contribution in [0.3, 0.4) is 0 Å². The summed E-state index contributed by atoms with van der Waals surface area (Å²) in [7, 11) is -4.71. The molecule has 8 nitrogen and oxygen atoms in total. The second kappa shape index (κ2) is 17.1. The van der Waals surface area contributed by atoms with Gasteiger partial charge in [0, 0.05) is 11.3 Å². The number of hydrogen-bond donors (Lipinski definition) is 3. The Labute approximate surface area is 354 Å². The molecule has 2 amide bonds. The van der Waals surface area contributed by atoms with Crippen molar-refractivity contribution >= 4 is 65.6 Å². The second-order valence-electron chi connectivity index (χ2n) is 17.6. The van der Waals surface area contributed by atoms with E-state index >= 15 is 0 Å². The molecule has 308 valence electrons. The Hall–Kier alpha value is -5.10. The van der Waals surface area contributed by atoms with E-state index in [0.717, 1.165) is 46.7 Å². The SMILES string of the molecule is CCC/C(=C\c1ccc(O)c2ccccc12)CC[C@H]1OC[C@H]2C1=C(CO[Si](c1ccccc1)(c1ccccc1)C(C)(C)C)C[C@H]1C(=O)N(c3cccc(B(O)O)c3)C(=O)[C@H]12. The van der Waals surface area contributed by atoms with Crippen molar-refractivity contribution < 1.29 is 33.9 Å². The van der Waals surface area contributed by atoms with Crippen molar-refractivity contribution in [3.05, 3.63) is 144 Å². The Morgan fingerprint density at radius 2 is 1.50 bits per heavy atom. The maximum absolute atomic E-state index is 14.5. The topological polar surface area (TPSA) is 117 Å². The first-order valence-corrected chi connectivity index (χ1v) is 23.2. The highest BCUT2D eigenvalue weighted by Gasteiger charge is 2.58. The summed E-state index contributed by atoms with van der Waals surface area (Å²) in [5.41, 5.74) is 5.01. The van der Waals surface area contributed by atoms with Crippen LogP contribution in [0.25, 0.3) is 16.8 Å². The van der Waals surface area contributed by atoms with Crippen LogP contribution in [0.1, 0.15) is 65.4 Å². The number of carbonyl (C=O) groups is 2. The molecule has 4 atom stereocenters. The second-order valence-corrected chi connectivity index (χ2v) is 21.9. The van der Waals surface area contributed by atoms with E-state index in [-0.39, 0.29) is 40.1 Å². The minimum atomic E-state index is -2.98. The summed E-state index contributed by atoms with van der Waals surface area (Å²) in [6.07, 6.45) is 5.71. The molecule has 0 bridgehead atoms. The molecule has 2 fully saturated rings. The largest absolute Gasteiger partial charge is 0.507 e. The van der Waals surface area contributed by atoms with Crippen molar-refractivity contribution in [2.75, 3.05) is 18.1 Å².